The zero-order chi connectivity index (χ0) is 20.2. The van der Waals surface area contributed by atoms with Crippen molar-refractivity contribution in [1.29, 1.82) is 0 Å². The number of rotatable bonds is 14. The maximum Gasteiger partial charge on any atom is 0.346 e. The number of benzene rings is 1. The Morgan fingerprint density at radius 2 is 1.54 bits per heavy atom. The summed E-state index contributed by atoms with van der Waals surface area (Å²) in [5.74, 6) is 0.165. The summed E-state index contributed by atoms with van der Waals surface area (Å²) in [5, 5.41) is 0.580. The second kappa shape index (κ2) is 12.6. The summed E-state index contributed by atoms with van der Waals surface area (Å²) in [6.07, 6.45) is 13.4. The van der Waals surface area contributed by atoms with E-state index in [2.05, 4.69) is 13.8 Å². The van der Waals surface area contributed by atoms with Crippen LogP contribution in [-0.4, -0.2) is 6.61 Å². The zero-order valence-corrected chi connectivity index (χ0v) is 17.5. The molecule has 2 aromatic rings. The van der Waals surface area contributed by atoms with Crippen LogP contribution in [-0.2, 0) is 6.42 Å². The second-order valence-electron chi connectivity index (χ2n) is 7.62. The average molecular weight is 391 g/mol. The molecule has 0 spiro atoms. The highest BCUT2D eigenvalue weighted by molar-refractivity contribution is 5.83. The average Bonchev–Trinajstić information content (AvgIpc) is 2.68. The fraction of sp³-hybridized carbons (Fsp3) is 0.625. The molecule has 2 rings (SSSR count). The molecule has 0 saturated heterocycles. The molecule has 0 unspecified atom stereocenters. The summed E-state index contributed by atoms with van der Waals surface area (Å²) < 4.78 is 25.7. The molecule has 0 bridgehead atoms. The van der Waals surface area contributed by atoms with Crippen molar-refractivity contribution < 1.29 is 13.5 Å². The van der Waals surface area contributed by atoms with Gasteiger partial charge in [0.15, 0.2) is 11.6 Å². The van der Waals surface area contributed by atoms with Crippen molar-refractivity contribution in [1.82, 2.24) is 0 Å². The number of aryl methyl sites for hydroxylation is 1. The molecule has 3 nitrogen and oxygen atoms in total. The fourth-order valence-electron chi connectivity index (χ4n) is 3.47. The highest BCUT2D eigenvalue weighted by Crippen LogP contribution is 2.25. The van der Waals surface area contributed by atoms with Crippen LogP contribution >= 0.6 is 0 Å². The standard InChI is InChI=1S/C24H35FO3/c1-3-5-7-9-10-11-13-17-27-21-16-15-19-18-20(14-12-8-6-4-2)28-24(26)22(19)23(21)25/h15-16,18H,3-14,17H2,1-2H3. The van der Waals surface area contributed by atoms with Crippen molar-refractivity contribution in [2.75, 3.05) is 6.61 Å². The van der Waals surface area contributed by atoms with Crippen molar-refractivity contribution in [2.45, 2.75) is 90.9 Å². The predicted molar refractivity (Wildman–Crippen MR) is 114 cm³/mol. The Morgan fingerprint density at radius 3 is 2.25 bits per heavy atom. The minimum atomic E-state index is -0.609. The molecule has 156 valence electrons. The molecule has 28 heavy (non-hydrogen) atoms. The van der Waals surface area contributed by atoms with Crippen LogP contribution in [0.15, 0.2) is 27.4 Å². The first kappa shape index (κ1) is 22.4. The summed E-state index contributed by atoms with van der Waals surface area (Å²) >= 11 is 0. The van der Waals surface area contributed by atoms with Crippen molar-refractivity contribution in [3.63, 3.8) is 0 Å². The van der Waals surface area contributed by atoms with Gasteiger partial charge in [-0.05, 0) is 30.4 Å². The lowest BCUT2D eigenvalue weighted by atomic mass is 10.1. The van der Waals surface area contributed by atoms with Gasteiger partial charge in [-0.3, -0.25) is 0 Å². The molecule has 0 aliphatic heterocycles. The Morgan fingerprint density at radius 1 is 0.893 bits per heavy atom. The van der Waals surface area contributed by atoms with Gasteiger partial charge in [-0.1, -0.05) is 77.7 Å². The molecule has 1 heterocycles. The number of unbranched alkanes of at least 4 members (excludes halogenated alkanes) is 9. The molecule has 0 radical (unpaired) electrons. The molecular formula is C24H35FO3. The first-order valence-electron chi connectivity index (χ1n) is 11.0. The van der Waals surface area contributed by atoms with E-state index in [1.807, 2.05) is 0 Å². The van der Waals surface area contributed by atoms with E-state index < -0.39 is 11.4 Å². The highest BCUT2D eigenvalue weighted by Gasteiger charge is 2.14. The lowest BCUT2D eigenvalue weighted by Crippen LogP contribution is -2.07. The predicted octanol–water partition coefficient (Wildman–Crippen LogP) is 7.18. The van der Waals surface area contributed by atoms with Crippen LogP contribution in [0.4, 0.5) is 4.39 Å². The zero-order valence-electron chi connectivity index (χ0n) is 17.5. The van der Waals surface area contributed by atoms with E-state index in [1.54, 1.807) is 18.2 Å². The molecular weight excluding hydrogens is 355 g/mol. The van der Waals surface area contributed by atoms with Crippen LogP contribution in [0.3, 0.4) is 0 Å². The van der Waals surface area contributed by atoms with Gasteiger partial charge in [0.25, 0.3) is 0 Å². The van der Waals surface area contributed by atoms with Crippen molar-refractivity contribution >= 4 is 10.8 Å². The lowest BCUT2D eigenvalue weighted by molar-refractivity contribution is 0.291. The first-order chi connectivity index (χ1) is 13.7. The van der Waals surface area contributed by atoms with Gasteiger partial charge in [-0.15, -0.1) is 0 Å². The number of hydrogen-bond acceptors (Lipinski definition) is 3. The normalized spacial score (nSPS) is 11.2. The SMILES string of the molecule is CCCCCCCCCOc1ccc2cc(CCCCCC)oc(=O)c2c1F. The van der Waals surface area contributed by atoms with Crippen molar-refractivity contribution in [3.8, 4) is 5.75 Å². The third-order valence-electron chi connectivity index (χ3n) is 5.17. The molecule has 0 atom stereocenters. The number of halogens is 1. The molecule has 0 aliphatic rings. The minimum absolute atomic E-state index is 0.00521. The van der Waals surface area contributed by atoms with Crippen LogP contribution < -0.4 is 10.4 Å². The molecule has 0 amide bonds. The Kier molecular flexibility index (Phi) is 10.1. The van der Waals surface area contributed by atoms with E-state index >= 15 is 0 Å². The van der Waals surface area contributed by atoms with Gasteiger partial charge in [-0.2, -0.15) is 0 Å². The summed E-state index contributed by atoms with van der Waals surface area (Å²) in [7, 11) is 0. The third-order valence-corrected chi connectivity index (χ3v) is 5.17. The number of ether oxygens (including phenoxy) is 1. The molecule has 0 N–H and O–H groups in total. The van der Waals surface area contributed by atoms with E-state index in [-0.39, 0.29) is 11.1 Å². The lowest BCUT2D eigenvalue weighted by Gasteiger charge is -2.09. The van der Waals surface area contributed by atoms with Gasteiger partial charge in [-0.25, -0.2) is 9.18 Å². The molecule has 0 aliphatic carbocycles. The van der Waals surface area contributed by atoms with E-state index in [4.69, 9.17) is 9.15 Å². The van der Waals surface area contributed by atoms with Gasteiger partial charge >= 0.3 is 5.63 Å². The molecule has 1 aromatic heterocycles. The van der Waals surface area contributed by atoms with Gasteiger partial charge < -0.3 is 9.15 Å². The van der Waals surface area contributed by atoms with E-state index in [9.17, 15) is 9.18 Å². The number of hydrogen-bond donors (Lipinski definition) is 0. The maximum atomic E-state index is 14.7. The smallest absolute Gasteiger partial charge is 0.346 e. The van der Waals surface area contributed by atoms with Gasteiger partial charge in [0.1, 0.15) is 11.1 Å². The van der Waals surface area contributed by atoms with Gasteiger partial charge in [0.05, 0.1) is 6.61 Å². The van der Waals surface area contributed by atoms with Crippen LogP contribution in [0.2, 0.25) is 0 Å². The molecule has 0 saturated carbocycles. The summed E-state index contributed by atoms with van der Waals surface area (Å²) in [6.45, 7) is 4.84. The first-order valence-corrected chi connectivity index (χ1v) is 11.0. The maximum absolute atomic E-state index is 14.7. The Labute approximate surface area is 168 Å². The number of fused-ring (bicyclic) bond motifs is 1. The monoisotopic (exact) mass is 390 g/mol. The van der Waals surface area contributed by atoms with Crippen LogP contribution in [0.25, 0.3) is 10.8 Å². The largest absolute Gasteiger partial charge is 0.490 e. The molecule has 4 heteroatoms. The van der Waals surface area contributed by atoms with E-state index in [1.165, 1.54) is 38.5 Å². The highest BCUT2D eigenvalue weighted by atomic mass is 19.1. The van der Waals surface area contributed by atoms with Crippen LogP contribution in [0, 0.1) is 5.82 Å². The van der Waals surface area contributed by atoms with E-state index in [0.717, 1.165) is 32.1 Å². The Hall–Kier alpha value is -1.84. The summed E-state index contributed by atoms with van der Waals surface area (Å²) in [6, 6.07) is 5.16. The third kappa shape index (κ3) is 6.96. The second-order valence-corrected chi connectivity index (χ2v) is 7.62. The molecule has 1 aromatic carbocycles. The van der Waals surface area contributed by atoms with Crippen LogP contribution in [0.5, 0.6) is 5.75 Å². The van der Waals surface area contributed by atoms with E-state index in [0.29, 0.717) is 24.2 Å². The Bertz CT molecular complexity index is 766. The Balaban J connectivity index is 1.91. The van der Waals surface area contributed by atoms with Gasteiger partial charge in [0.2, 0.25) is 0 Å². The minimum Gasteiger partial charge on any atom is -0.490 e. The topological polar surface area (TPSA) is 39.4 Å². The van der Waals surface area contributed by atoms with Crippen LogP contribution in [0.1, 0.15) is 90.2 Å². The summed E-state index contributed by atoms with van der Waals surface area (Å²) in [5.41, 5.74) is -0.609. The fourth-order valence-corrected chi connectivity index (χ4v) is 3.47. The summed E-state index contributed by atoms with van der Waals surface area (Å²) in [4.78, 5) is 12.3. The molecule has 0 fully saturated rings. The van der Waals surface area contributed by atoms with Gasteiger partial charge in [0, 0.05) is 6.42 Å². The van der Waals surface area contributed by atoms with Crippen molar-refractivity contribution in [3.05, 3.63) is 40.2 Å². The van der Waals surface area contributed by atoms with Crippen molar-refractivity contribution in [2.24, 2.45) is 0 Å². The quantitative estimate of drug-likeness (QED) is 0.321.